The summed E-state index contributed by atoms with van der Waals surface area (Å²) in [5.74, 6) is 0.401. The van der Waals surface area contributed by atoms with Gasteiger partial charge in [-0.3, -0.25) is 4.79 Å². The SMILES string of the molecule is CC(C)(C)c1ccc(OCCCC(=O)NC(CO)(CO)CO)cc1. The summed E-state index contributed by atoms with van der Waals surface area (Å²) in [6.07, 6.45) is 0.674. The Bertz CT molecular complexity index is 495. The number of amides is 1. The Morgan fingerprint density at radius 1 is 1.04 bits per heavy atom. The fourth-order valence-corrected chi connectivity index (χ4v) is 2.10. The highest BCUT2D eigenvalue weighted by atomic mass is 16.5. The standard InChI is InChI=1S/C18H29NO5/c1-17(2,3)14-6-8-15(9-7-14)24-10-4-5-16(23)19-18(11-20,12-21)13-22/h6-9,20-22H,4-5,10-13H2,1-3H3,(H,19,23). The maximum atomic E-state index is 11.8. The minimum absolute atomic E-state index is 0.0925. The van der Waals surface area contributed by atoms with Crippen LogP contribution in [0.1, 0.15) is 39.2 Å². The van der Waals surface area contributed by atoms with E-state index in [1.165, 1.54) is 5.56 Å². The highest BCUT2D eigenvalue weighted by molar-refractivity contribution is 5.76. The molecule has 1 rings (SSSR count). The number of rotatable bonds is 9. The number of hydrogen-bond acceptors (Lipinski definition) is 5. The summed E-state index contributed by atoms with van der Waals surface area (Å²) >= 11 is 0. The molecule has 1 aromatic carbocycles. The summed E-state index contributed by atoms with van der Waals surface area (Å²) in [5, 5.41) is 30.0. The third-order valence-electron chi connectivity index (χ3n) is 3.85. The maximum absolute atomic E-state index is 11.8. The molecule has 0 fully saturated rings. The van der Waals surface area contributed by atoms with Gasteiger partial charge in [-0.1, -0.05) is 32.9 Å². The lowest BCUT2D eigenvalue weighted by Gasteiger charge is -2.28. The van der Waals surface area contributed by atoms with Gasteiger partial charge in [0.05, 0.1) is 26.4 Å². The first kappa shape index (κ1) is 20.4. The second-order valence-corrected chi connectivity index (χ2v) is 7.03. The van der Waals surface area contributed by atoms with Gasteiger partial charge in [-0.05, 0) is 29.5 Å². The first-order valence-corrected chi connectivity index (χ1v) is 8.13. The summed E-state index contributed by atoms with van der Waals surface area (Å²) < 4.78 is 5.61. The number of nitrogens with one attached hydrogen (secondary N) is 1. The van der Waals surface area contributed by atoms with E-state index in [-0.39, 0.29) is 17.7 Å². The normalized spacial score (nSPS) is 12.1. The molecule has 24 heavy (non-hydrogen) atoms. The number of ether oxygens (including phenoxy) is 1. The smallest absolute Gasteiger partial charge is 0.220 e. The van der Waals surface area contributed by atoms with Gasteiger partial charge in [-0.2, -0.15) is 0 Å². The monoisotopic (exact) mass is 339 g/mol. The lowest BCUT2D eigenvalue weighted by Crippen LogP contribution is -2.57. The molecule has 6 nitrogen and oxygen atoms in total. The first-order valence-electron chi connectivity index (χ1n) is 8.13. The lowest BCUT2D eigenvalue weighted by molar-refractivity contribution is -0.125. The Hall–Kier alpha value is -1.63. The molecule has 6 heteroatoms. The van der Waals surface area contributed by atoms with E-state index in [0.29, 0.717) is 13.0 Å². The molecule has 0 unspecified atom stereocenters. The molecule has 0 aromatic heterocycles. The predicted octanol–water partition coefficient (Wildman–Crippen LogP) is 0.975. The summed E-state index contributed by atoms with van der Waals surface area (Å²) in [4.78, 5) is 11.8. The Morgan fingerprint density at radius 3 is 2.04 bits per heavy atom. The van der Waals surface area contributed by atoms with Crippen molar-refractivity contribution in [3.8, 4) is 5.75 Å². The van der Waals surface area contributed by atoms with Gasteiger partial charge in [0.15, 0.2) is 0 Å². The number of carbonyl (C=O) groups is 1. The maximum Gasteiger partial charge on any atom is 0.220 e. The molecule has 0 aliphatic heterocycles. The molecule has 0 radical (unpaired) electrons. The Kier molecular flexibility index (Phi) is 7.66. The van der Waals surface area contributed by atoms with Gasteiger partial charge >= 0.3 is 0 Å². The zero-order valence-corrected chi connectivity index (χ0v) is 14.7. The summed E-state index contributed by atoms with van der Waals surface area (Å²) in [6, 6.07) is 7.88. The van der Waals surface area contributed by atoms with Crippen LogP contribution in [0.4, 0.5) is 0 Å². The Balaban J connectivity index is 2.37. The van der Waals surface area contributed by atoms with E-state index in [0.717, 1.165) is 5.75 Å². The van der Waals surface area contributed by atoms with E-state index < -0.39 is 25.4 Å². The van der Waals surface area contributed by atoms with Crippen molar-refractivity contribution in [1.82, 2.24) is 5.32 Å². The molecular weight excluding hydrogens is 310 g/mol. The van der Waals surface area contributed by atoms with E-state index in [2.05, 4.69) is 26.1 Å². The average molecular weight is 339 g/mol. The molecule has 0 aliphatic rings. The molecule has 0 aliphatic carbocycles. The first-order chi connectivity index (χ1) is 11.3. The van der Waals surface area contributed by atoms with Crippen LogP contribution in [0.2, 0.25) is 0 Å². The van der Waals surface area contributed by atoms with Crippen LogP contribution in [0.25, 0.3) is 0 Å². The summed E-state index contributed by atoms with van der Waals surface area (Å²) in [5.41, 5.74) is -0.0572. The second-order valence-electron chi connectivity index (χ2n) is 7.03. The van der Waals surface area contributed by atoms with Gasteiger partial charge < -0.3 is 25.4 Å². The number of aliphatic hydroxyl groups is 3. The molecule has 1 aromatic rings. The average Bonchev–Trinajstić information content (AvgIpc) is 2.56. The van der Waals surface area contributed by atoms with Crippen molar-refractivity contribution in [1.29, 1.82) is 0 Å². The number of hydrogen-bond donors (Lipinski definition) is 4. The third-order valence-corrected chi connectivity index (χ3v) is 3.85. The van der Waals surface area contributed by atoms with Gasteiger partial charge in [0.1, 0.15) is 11.3 Å². The highest BCUT2D eigenvalue weighted by Crippen LogP contribution is 2.24. The molecule has 1 amide bonds. The van der Waals surface area contributed by atoms with Crippen LogP contribution in [0.3, 0.4) is 0 Å². The highest BCUT2D eigenvalue weighted by Gasteiger charge is 2.29. The van der Waals surface area contributed by atoms with Crippen LogP contribution in [0.15, 0.2) is 24.3 Å². The molecule has 136 valence electrons. The molecule has 0 saturated heterocycles. The topological polar surface area (TPSA) is 99.0 Å². The zero-order chi connectivity index (χ0) is 18.2. The Labute approximate surface area is 143 Å². The molecule has 0 atom stereocenters. The van der Waals surface area contributed by atoms with E-state index in [9.17, 15) is 4.79 Å². The fraction of sp³-hybridized carbons (Fsp3) is 0.611. The molecule has 0 saturated carbocycles. The van der Waals surface area contributed by atoms with Crippen molar-refractivity contribution in [2.24, 2.45) is 0 Å². The quantitative estimate of drug-likeness (QED) is 0.503. The van der Waals surface area contributed by atoms with Gasteiger partial charge in [0.25, 0.3) is 0 Å². The van der Waals surface area contributed by atoms with Gasteiger partial charge in [-0.15, -0.1) is 0 Å². The number of benzene rings is 1. The van der Waals surface area contributed by atoms with Crippen LogP contribution in [0.5, 0.6) is 5.75 Å². The van der Waals surface area contributed by atoms with Gasteiger partial charge in [0.2, 0.25) is 5.91 Å². The minimum Gasteiger partial charge on any atom is -0.494 e. The molecular formula is C18H29NO5. The van der Waals surface area contributed by atoms with Crippen LogP contribution < -0.4 is 10.1 Å². The van der Waals surface area contributed by atoms with Crippen molar-refractivity contribution < 1.29 is 24.9 Å². The Morgan fingerprint density at radius 2 is 1.58 bits per heavy atom. The van der Waals surface area contributed by atoms with E-state index in [4.69, 9.17) is 20.1 Å². The minimum atomic E-state index is -1.37. The van der Waals surface area contributed by atoms with Crippen molar-refractivity contribution in [2.75, 3.05) is 26.4 Å². The van der Waals surface area contributed by atoms with Crippen LogP contribution >= 0.6 is 0 Å². The summed E-state index contributed by atoms with van der Waals surface area (Å²) in [7, 11) is 0. The van der Waals surface area contributed by atoms with Crippen molar-refractivity contribution >= 4 is 5.91 Å². The summed E-state index contributed by atoms with van der Waals surface area (Å²) in [6.45, 7) is 5.24. The largest absolute Gasteiger partial charge is 0.494 e. The number of aliphatic hydroxyl groups excluding tert-OH is 3. The molecule has 0 spiro atoms. The fourth-order valence-electron chi connectivity index (χ4n) is 2.10. The van der Waals surface area contributed by atoms with E-state index in [1.54, 1.807) is 0 Å². The van der Waals surface area contributed by atoms with Crippen LogP contribution in [-0.4, -0.2) is 53.2 Å². The van der Waals surface area contributed by atoms with Crippen molar-refractivity contribution in [2.45, 2.75) is 44.6 Å². The van der Waals surface area contributed by atoms with Crippen molar-refractivity contribution in [3.63, 3.8) is 0 Å². The van der Waals surface area contributed by atoms with E-state index in [1.807, 2.05) is 24.3 Å². The molecule has 0 heterocycles. The van der Waals surface area contributed by atoms with Crippen LogP contribution in [-0.2, 0) is 10.2 Å². The lowest BCUT2D eigenvalue weighted by atomic mass is 9.87. The predicted molar refractivity (Wildman–Crippen MR) is 92.0 cm³/mol. The molecule has 0 bridgehead atoms. The zero-order valence-electron chi connectivity index (χ0n) is 14.7. The third kappa shape index (κ3) is 6.11. The van der Waals surface area contributed by atoms with Crippen LogP contribution in [0, 0.1) is 0 Å². The van der Waals surface area contributed by atoms with E-state index >= 15 is 0 Å². The van der Waals surface area contributed by atoms with Gasteiger partial charge in [-0.25, -0.2) is 0 Å². The number of carbonyl (C=O) groups excluding carboxylic acids is 1. The second kappa shape index (κ2) is 9.01. The van der Waals surface area contributed by atoms with Gasteiger partial charge in [0, 0.05) is 6.42 Å². The molecule has 4 N–H and O–H groups in total. The van der Waals surface area contributed by atoms with Crippen molar-refractivity contribution in [3.05, 3.63) is 29.8 Å².